The summed E-state index contributed by atoms with van der Waals surface area (Å²) in [4.78, 5) is 0. The molecule has 1 rings (SSSR count). The van der Waals surface area contributed by atoms with E-state index in [1.807, 2.05) is 6.92 Å². The summed E-state index contributed by atoms with van der Waals surface area (Å²) >= 11 is 0. The van der Waals surface area contributed by atoms with Gasteiger partial charge in [-0.3, -0.25) is 0 Å². The van der Waals surface area contributed by atoms with Crippen LogP contribution in [0.3, 0.4) is 0 Å². The Hall–Kier alpha value is -0.980. The molecule has 0 saturated carbocycles. The van der Waals surface area contributed by atoms with Gasteiger partial charge in [0.25, 0.3) is 0 Å². The molecular weight excluding hydrogens is 364 g/mol. The van der Waals surface area contributed by atoms with Crippen molar-refractivity contribution in [2.24, 2.45) is 0 Å². The second-order valence-electron chi connectivity index (χ2n) is 10.6. The molecule has 30 heavy (non-hydrogen) atoms. The number of benzene rings is 1. The van der Waals surface area contributed by atoms with Crippen LogP contribution in [-0.4, -0.2) is 5.11 Å². The van der Waals surface area contributed by atoms with Crippen molar-refractivity contribution in [2.75, 3.05) is 0 Å². The number of rotatable bonds is 17. The molecule has 0 heterocycles. The van der Waals surface area contributed by atoms with E-state index in [9.17, 15) is 5.11 Å². The standard InChI is InChI=1S/C29H52O/c1-6-7-8-9-10-11-12-13-14-15-16-17-18-19-20-21-22-26-23-25(2)28(30)27(24-26)29(3,4)5/h23-24,30H,6-22H2,1-5H3. The minimum absolute atomic E-state index is 0.000509. The number of hydrogen-bond acceptors (Lipinski definition) is 1. The van der Waals surface area contributed by atoms with Crippen LogP contribution in [0.2, 0.25) is 0 Å². The fourth-order valence-electron chi connectivity index (χ4n) is 4.45. The van der Waals surface area contributed by atoms with Gasteiger partial charge in [0.15, 0.2) is 0 Å². The number of unbranched alkanes of at least 4 members (excludes halogenated alkanes) is 15. The van der Waals surface area contributed by atoms with Crippen molar-refractivity contribution in [2.45, 2.75) is 149 Å². The number of hydrogen-bond donors (Lipinski definition) is 1. The van der Waals surface area contributed by atoms with Crippen molar-refractivity contribution in [3.05, 3.63) is 28.8 Å². The van der Waals surface area contributed by atoms with Crippen LogP contribution in [0.15, 0.2) is 12.1 Å². The predicted molar refractivity (Wildman–Crippen MR) is 135 cm³/mol. The van der Waals surface area contributed by atoms with E-state index >= 15 is 0 Å². The van der Waals surface area contributed by atoms with Gasteiger partial charge in [-0.2, -0.15) is 0 Å². The highest BCUT2D eigenvalue weighted by Gasteiger charge is 2.20. The van der Waals surface area contributed by atoms with Crippen LogP contribution in [0.5, 0.6) is 5.75 Å². The van der Waals surface area contributed by atoms with E-state index in [1.54, 1.807) is 0 Å². The molecule has 0 atom stereocenters. The van der Waals surface area contributed by atoms with Gasteiger partial charge < -0.3 is 5.11 Å². The van der Waals surface area contributed by atoms with E-state index in [2.05, 4.69) is 39.8 Å². The summed E-state index contributed by atoms with van der Waals surface area (Å²) in [5.41, 5.74) is 3.50. The number of aryl methyl sites for hydroxylation is 2. The lowest BCUT2D eigenvalue weighted by atomic mass is 9.83. The third kappa shape index (κ3) is 12.0. The number of aromatic hydroxyl groups is 1. The Labute approximate surface area is 189 Å². The Balaban J connectivity index is 2.00. The molecule has 0 aliphatic heterocycles. The summed E-state index contributed by atoms with van der Waals surface area (Å²) in [5.74, 6) is 0.484. The van der Waals surface area contributed by atoms with E-state index in [0.29, 0.717) is 5.75 Å². The monoisotopic (exact) mass is 416 g/mol. The Kier molecular flexibility index (Phi) is 14.2. The summed E-state index contributed by atoms with van der Waals surface area (Å²) in [6.07, 6.45) is 23.8. The highest BCUT2D eigenvalue weighted by atomic mass is 16.3. The van der Waals surface area contributed by atoms with Gasteiger partial charge >= 0.3 is 0 Å². The Morgan fingerprint density at radius 2 is 1.03 bits per heavy atom. The maximum atomic E-state index is 10.4. The fraction of sp³-hybridized carbons (Fsp3) is 0.793. The number of phenolic OH excluding ortho intramolecular Hbond substituents is 1. The van der Waals surface area contributed by atoms with Crippen molar-refractivity contribution in [3.8, 4) is 5.75 Å². The molecule has 0 unspecified atom stereocenters. The van der Waals surface area contributed by atoms with Gasteiger partial charge in [0.1, 0.15) is 5.75 Å². The van der Waals surface area contributed by atoms with Gasteiger partial charge in [-0.25, -0.2) is 0 Å². The highest BCUT2D eigenvalue weighted by Crippen LogP contribution is 2.34. The van der Waals surface area contributed by atoms with Gasteiger partial charge in [-0.05, 0) is 41.9 Å². The fourth-order valence-corrected chi connectivity index (χ4v) is 4.45. The van der Waals surface area contributed by atoms with E-state index in [0.717, 1.165) is 17.5 Å². The second-order valence-corrected chi connectivity index (χ2v) is 10.6. The molecule has 0 aliphatic carbocycles. The molecule has 1 aromatic carbocycles. The molecule has 1 heteroatoms. The first kappa shape index (κ1) is 27.1. The van der Waals surface area contributed by atoms with Gasteiger partial charge in [-0.1, -0.05) is 136 Å². The van der Waals surface area contributed by atoms with Crippen LogP contribution in [0.25, 0.3) is 0 Å². The molecule has 0 amide bonds. The Morgan fingerprint density at radius 3 is 1.43 bits per heavy atom. The summed E-state index contributed by atoms with van der Waals surface area (Å²) in [6.45, 7) is 10.9. The number of phenols is 1. The van der Waals surface area contributed by atoms with Gasteiger partial charge in [0.2, 0.25) is 0 Å². The topological polar surface area (TPSA) is 20.2 Å². The summed E-state index contributed by atoms with van der Waals surface area (Å²) in [6, 6.07) is 4.41. The first-order valence-electron chi connectivity index (χ1n) is 13.2. The third-order valence-corrected chi connectivity index (χ3v) is 6.49. The van der Waals surface area contributed by atoms with Crippen molar-refractivity contribution < 1.29 is 5.11 Å². The maximum Gasteiger partial charge on any atom is 0.122 e. The van der Waals surface area contributed by atoms with Crippen LogP contribution in [0.1, 0.15) is 147 Å². The predicted octanol–water partition coefficient (Wildman–Crippen LogP) is 9.80. The molecule has 0 bridgehead atoms. The quantitative estimate of drug-likeness (QED) is 0.250. The molecule has 1 nitrogen and oxygen atoms in total. The third-order valence-electron chi connectivity index (χ3n) is 6.49. The SMILES string of the molecule is CCCCCCCCCCCCCCCCCCc1cc(C)c(O)c(C(C)(C)C)c1. The highest BCUT2D eigenvalue weighted by molar-refractivity contribution is 5.46. The molecule has 1 aromatic rings. The van der Waals surface area contributed by atoms with Crippen LogP contribution in [0, 0.1) is 6.92 Å². The molecule has 0 aliphatic rings. The van der Waals surface area contributed by atoms with Crippen molar-refractivity contribution in [3.63, 3.8) is 0 Å². The molecule has 174 valence electrons. The summed E-state index contributed by atoms with van der Waals surface area (Å²) < 4.78 is 0. The lowest BCUT2D eigenvalue weighted by Crippen LogP contribution is -2.12. The van der Waals surface area contributed by atoms with E-state index in [-0.39, 0.29) is 5.41 Å². The minimum atomic E-state index is -0.000509. The van der Waals surface area contributed by atoms with E-state index < -0.39 is 0 Å². The van der Waals surface area contributed by atoms with Gasteiger partial charge in [0.05, 0.1) is 0 Å². The van der Waals surface area contributed by atoms with Crippen LogP contribution in [-0.2, 0) is 11.8 Å². The largest absolute Gasteiger partial charge is 0.507 e. The van der Waals surface area contributed by atoms with E-state index in [4.69, 9.17) is 0 Å². The molecule has 0 saturated heterocycles. The van der Waals surface area contributed by atoms with Gasteiger partial charge in [-0.15, -0.1) is 0 Å². The van der Waals surface area contributed by atoms with Crippen LogP contribution >= 0.6 is 0 Å². The van der Waals surface area contributed by atoms with Crippen molar-refractivity contribution in [1.29, 1.82) is 0 Å². The average molecular weight is 417 g/mol. The lowest BCUT2D eigenvalue weighted by Gasteiger charge is -2.22. The summed E-state index contributed by atoms with van der Waals surface area (Å²) in [5, 5.41) is 10.4. The second kappa shape index (κ2) is 15.8. The van der Waals surface area contributed by atoms with Crippen molar-refractivity contribution >= 4 is 0 Å². The zero-order valence-electron chi connectivity index (χ0n) is 21.1. The van der Waals surface area contributed by atoms with Crippen LogP contribution in [0.4, 0.5) is 0 Å². The molecule has 0 spiro atoms. The Bertz CT molecular complexity index is 552. The normalized spacial score (nSPS) is 11.9. The zero-order valence-corrected chi connectivity index (χ0v) is 21.1. The molecule has 1 N–H and O–H groups in total. The molecule has 0 radical (unpaired) electrons. The molecular formula is C29H52O. The average Bonchev–Trinajstić information content (AvgIpc) is 2.69. The Morgan fingerprint density at radius 1 is 0.633 bits per heavy atom. The molecule has 0 fully saturated rings. The first-order valence-corrected chi connectivity index (χ1v) is 13.2. The summed E-state index contributed by atoms with van der Waals surface area (Å²) in [7, 11) is 0. The first-order chi connectivity index (χ1) is 14.4. The van der Waals surface area contributed by atoms with Gasteiger partial charge in [0, 0.05) is 0 Å². The zero-order chi connectivity index (χ0) is 22.2. The van der Waals surface area contributed by atoms with Crippen molar-refractivity contribution in [1.82, 2.24) is 0 Å². The van der Waals surface area contributed by atoms with E-state index in [1.165, 1.54) is 108 Å². The smallest absolute Gasteiger partial charge is 0.122 e. The van der Waals surface area contributed by atoms with Crippen LogP contribution < -0.4 is 0 Å². The maximum absolute atomic E-state index is 10.4. The lowest BCUT2D eigenvalue weighted by molar-refractivity contribution is 0.442. The molecule has 0 aromatic heterocycles. The minimum Gasteiger partial charge on any atom is -0.507 e.